The largest absolute Gasteiger partial charge is 0.505 e. The third-order valence-corrected chi connectivity index (χ3v) is 7.65. The Kier molecular flexibility index (Phi) is 7.11. The van der Waals surface area contributed by atoms with Crippen LogP contribution in [0.5, 0.6) is 5.75 Å². The zero-order chi connectivity index (χ0) is 27.2. The number of pyridine rings is 1. The van der Waals surface area contributed by atoms with Crippen LogP contribution in [0.3, 0.4) is 0 Å². The number of nitrogens with zero attached hydrogens (tertiary/aromatic N) is 4. The number of aromatic nitrogens is 3. The van der Waals surface area contributed by atoms with E-state index in [0.29, 0.717) is 17.3 Å². The summed E-state index contributed by atoms with van der Waals surface area (Å²) in [5.41, 5.74) is 3.70. The number of fused-ring (bicyclic) bond motifs is 1. The first-order chi connectivity index (χ1) is 18.0. The number of likely N-dealkylation sites (tertiary alicyclic amines) is 1. The van der Waals surface area contributed by atoms with Crippen LogP contribution in [0.1, 0.15) is 50.0 Å². The fourth-order valence-corrected chi connectivity index (χ4v) is 5.31. The zero-order valence-corrected chi connectivity index (χ0v) is 23.4. The Morgan fingerprint density at radius 2 is 1.74 bits per heavy atom. The summed E-state index contributed by atoms with van der Waals surface area (Å²) in [7, 11) is 2.14. The maximum Gasteiger partial charge on any atom is 0.171 e. The van der Waals surface area contributed by atoms with E-state index in [1.165, 1.54) is 0 Å². The second-order valence-corrected chi connectivity index (χ2v) is 11.8. The van der Waals surface area contributed by atoms with Crippen LogP contribution in [0.25, 0.3) is 22.0 Å². The molecule has 0 atom stereocenters. The molecule has 9 heteroatoms. The lowest BCUT2D eigenvalue weighted by Gasteiger charge is -2.28. The van der Waals surface area contributed by atoms with Crippen LogP contribution < -0.4 is 5.32 Å². The van der Waals surface area contributed by atoms with Crippen molar-refractivity contribution in [2.75, 3.05) is 25.5 Å². The summed E-state index contributed by atoms with van der Waals surface area (Å²) < 4.78 is 2.02. The van der Waals surface area contributed by atoms with Crippen molar-refractivity contribution in [1.82, 2.24) is 19.7 Å². The van der Waals surface area contributed by atoms with Gasteiger partial charge in [0.05, 0.1) is 44.7 Å². The van der Waals surface area contributed by atoms with Crippen molar-refractivity contribution in [3.63, 3.8) is 0 Å². The number of rotatable bonds is 5. The Morgan fingerprint density at radius 1 is 1.05 bits per heavy atom. The van der Waals surface area contributed by atoms with Crippen LogP contribution in [0.15, 0.2) is 48.9 Å². The van der Waals surface area contributed by atoms with Crippen LogP contribution in [-0.4, -0.2) is 50.7 Å². The summed E-state index contributed by atoms with van der Waals surface area (Å²) in [6.45, 7) is 7.79. The van der Waals surface area contributed by atoms with Crippen molar-refractivity contribution in [3.8, 4) is 16.9 Å². The molecule has 198 valence electrons. The van der Waals surface area contributed by atoms with Crippen LogP contribution in [0.2, 0.25) is 10.0 Å². The molecule has 4 aromatic rings. The predicted molar refractivity (Wildman–Crippen MR) is 154 cm³/mol. The molecule has 1 aliphatic heterocycles. The standard InChI is InChI=1S/C29H31Cl2N5O2/c1-29(2,3)28(38)22-15-32-25-6-5-17(18-12-23(30)27(37)24(31)13-18)11-21(25)26(22)34-19-14-33-36(16-19)20-7-9-35(4)10-8-20/h5-6,11-16,20,37H,7-10H2,1-4H3,(H,32,34). The summed E-state index contributed by atoms with van der Waals surface area (Å²) >= 11 is 12.4. The third kappa shape index (κ3) is 5.23. The lowest BCUT2D eigenvalue weighted by atomic mass is 9.85. The van der Waals surface area contributed by atoms with E-state index in [0.717, 1.165) is 53.6 Å². The first-order valence-corrected chi connectivity index (χ1v) is 13.4. The number of halogens is 2. The van der Waals surface area contributed by atoms with Crippen molar-refractivity contribution in [2.45, 2.75) is 39.7 Å². The molecule has 0 saturated carbocycles. The highest BCUT2D eigenvalue weighted by molar-refractivity contribution is 6.37. The smallest absolute Gasteiger partial charge is 0.171 e. The normalized spacial score (nSPS) is 15.2. The van der Waals surface area contributed by atoms with Crippen molar-refractivity contribution < 1.29 is 9.90 Å². The van der Waals surface area contributed by atoms with Gasteiger partial charge in [-0.05, 0) is 68.4 Å². The quantitative estimate of drug-likeness (QED) is 0.252. The van der Waals surface area contributed by atoms with E-state index >= 15 is 0 Å². The number of ketones is 1. The summed E-state index contributed by atoms with van der Waals surface area (Å²) in [6.07, 6.45) is 7.55. The lowest BCUT2D eigenvalue weighted by molar-refractivity contribution is 0.0859. The van der Waals surface area contributed by atoms with E-state index in [-0.39, 0.29) is 21.6 Å². The SMILES string of the molecule is CN1CCC(n2cc(Nc3c(C(=O)C(C)(C)C)cnc4ccc(-c5cc(Cl)c(O)c(Cl)c5)cc34)cn2)CC1. The van der Waals surface area contributed by atoms with Crippen LogP contribution in [-0.2, 0) is 0 Å². The van der Waals surface area contributed by atoms with Gasteiger partial charge in [-0.15, -0.1) is 0 Å². The maximum atomic E-state index is 13.5. The molecule has 0 amide bonds. The number of aromatic hydroxyl groups is 1. The minimum atomic E-state index is -0.598. The van der Waals surface area contributed by atoms with Crippen molar-refractivity contribution in [2.24, 2.45) is 5.41 Å². The molecule has 1 fully saturated rings. The third-order valence-electron chi connectivity index (χ3n) is 7.08. The van der Waals surface area contributed by atoms with Crippen LogP contribution in [0, 0.1) is 5.41 Å². The van der Waals surface area contributed by atoms with E-state index in [1.54, 1.807) is 24.5 Å². The van der Waals surface area contributed by atoms with Crippen molar-refractivity contribution >= 4 is 51.3 Å². The average Bonchev–Trinajstić information content (AvgIpc) is 3.35. The number of nitrogens with one attached hydrogen (secondary N) is 1. The lowest BCUT2D eigenvalue weighted by Crippen LogP contribution is -2.31. The van der Waals surface area contributed by atoms with Gasteiger partial charge in [-0.25, -0.2) is 0 Å². The number of benzene rings is 2. The summed E-state index contributed by atoms with van der Waals surface area (Å²) in [6, 6.07) is 9.46. The highest BCUT2D eigenvalue weighted by Crippen LogP contribution is 2.39. The van der Waals surface area contributed by atoms with E-state index in [4.69, 9.17) is 23.2 Å². The van der Waals surface area contributed by atoms with Gasteiger partial charge in [0.2, 0.25) is 0 Å². The molecule has 0 unspecified atom stereocenters. The van der Waals surface area contributed by atoms with Crippen molar-refractivity contribution in [1.29, 1.82) is 0 Å². The minimum absolute atomic E-state index is 0.0155. The number of phenolic OH excluding ortho intramolecular Hbond substituents is 1. The van der Waals surface area contributed by atoms with E-state index in [1.807, 2.05) is 49.8 Å². The minimum Gasteiger partial charge on any atom is -0.505 e. The topological polar surface area (TPSA) is 83.3 Å². The van der Waals surface area contributed by atoms with Gasteiger partial charge < -0.3 is 15.3 Å². The second kappa shape index (κ2) is 10.2. The molecule has 2 aromatic heterocycles. The number of hydrogen-bond donors (Lipinski definition) is 2. The van der Waals surface area contributed by atoms with E-state index in [9.17, 15) is 9.90 Å². The Bertz CT molecular complexity index is 1490. The van der Waals surface area contributed by atoms with Gasteiger partial charge in [0.25, 0.3) is 0 Å². The Hall–Kier alpha value is -3.13. The van der Waals surface area contributed by atoms with Gasteiger partial charge in [0, 0.05) is 23.2 Å². The second-order valence-electron chi connectivity index (χ2n) is 11.0. The number of anilines is 2. The van der Waals surface area contributed by atoms with Crippen LogP contribution >= 0.6 is 23.2 Å². The fourth-order valence-electron chi connectivity index (χ4n) is 4.82. The van der Waals surface area contributed by atoms with Crippen molar-refractivity contribution in [3.05, 3.63) is 64.5 Å². The monoisotopic (exact) mass is 551 g/mol. The van der Waals surface area contributed by atoms with Gasteiger partial charge >= 0.3 is 0 Å². The van der Waals surface area contributed by atoms with Gasteiger partial charge in [0.1, 0.15) is 0 Å². The predicted octanol–water partition coefficient (Wildman–Crippen LogP) is 7.35. The highest BCUT2D eigenvalue weighted by atomic mass is 35.5. The van der Waals surface area contributed by atoms with Gasteiger partial charge in [0.15, 0.2) is 11.5 Å². The Morgan fingerprint density at radius 3 is 2.39 bits per heavy atom. The maximum absolute atomic E-state index is 13.5. The molecule has 5 rings (SSSR count). The molecule has 1 saturated heterocycles. The van der Waals surface area contributed by atoms with Gasteiger partial charge in [-0.2, -0.15) is 5.10 Å². The number of piperidine rings is 1. The number of Topliss-reactive ketones (excluding diaryl/α,β-unsaturated/α-hetero) is 1. The zero-order valence-electron chi connectivity index (χ0n) is 21.9. The molecular weight excluding hydrogens is 521 g/mol. The highest BCUT2D eigenvalue weighted by Gasteiger charge is 2.27. The fraction of sp³-hybridized carbons (Fsp3) is 0.345. The molecule has 0 aliphatic carbocycles. The molecule has 0 radical (unpaired) electrons. The number of phenols is 1. The first-order valence-electron chi connectivity index (χ1n) is 12.7. The molecular formula is C29H31Cl2N5O2. The summed E-state index contributed by atoms with van der Waals surface area (Å²) in [4.78, 5) is 20.5. The summed E-state index contributed by atoms with van der Waals surface area (Å²) in [5, 5.41) is 19.3. The molecule has 0 bridgehead atoms. The molecule has 2 aromatic carbocycles. The Balaban J connectivity index is 1.60. The number of carbonyl (C=O) groups excluding carboxylic acids is 1. The van der Waals surface area contributed by atoms with E-state index < -0.39 is 5.41 Å². The average molecular weight is 553 g/mol. The van der Waals surface area contributed by atoms with E-state index in [2.05, 4.69) is 27.3 Å². The molecule has 38 heavy (non-hydrogen) atoms. The number of hydrogen-bond acceptors (Lipinski definition) is 6. The molecule has 2 N–H and O–H groups in total. The van der Waals surface area contributed by atoms with Gasteiger partial charge in [-0.3, -0.25) is 14.5 Å². The Labute approximate surface area is 232 Å². The molecule has 3 heterocycles. The molecule has 1 aliphatic rings. The first kappa shape index (κ1) is 26.5. The van der Waals surface area contributed by atoms with Gasteiger partial charge in [-0.1, -0.05) is 50.0 Å². The molecule has 7 nitrogen and oxygen atoms in total. The summed E-state index contributed by atoms with van der Waals surface area (Å²) in [5.74, 6) is -0.167. The number of carbonyl (C=O) groups is 1. The molecule has 0 spiro atoms. The van der Waals surface area contributed by atoms with Crippen LogP contribution in [0.4, 0.5) is 11.4 Å².